The zero-order valence-corrected chi connectivity index (χ0v) is 19.0. The van der Waals surface area contributed by atoms with E-state index in [1.54, 1.807) is 7.05 Å². The maximum Gasteiger partial charge on any atom is 0.243 e. The van der Waals surface area contributed by atoms with Crippen molar-refractivity contribution in [2.45, 2.75) is 33.7 Å². The first kappa shape index (κ1) is 22.4. The van der Waals surface area contributed by atoms with E-state index in [1.807, 2.05) is 67.8 Å². The predicted molar refractivity (Wildman–Crippen MR) is 124 cm³/mol. The largest absolute Gasteiger partial charge is 0.336 e. The lowest BCUT2D eigenvalue weighted by Gasteiger charge is -2.18. The van der Waals surface area contributed by atoms with E-state index in [2.05, 4.69) is 15.5 Å². The number of hydrogen-bond donors (Lipinski definition) is 2. The molecule has 0 saturated heterocycles. The van der Waals surface area contributed by atoms with Gasteiger partial charge in [0.25, 0.3) is 0 Å². The summed E-state index contributed by atoms with van der Waals surface area (Å²) in [5.74, 6) is 0.316. The third-order valence-corrected chi connectivity index (χ3v) is 5.58. The average Bonchev–Trinajstić information content (AvgIpc) is 3.10. The maximum atomic E-state index is 12.6. The quantitative estimate of drug-likeness (QED) is 0.547. The second-order valence-corrected chi connectivity index (χ2v) is 8.06. The normalized spacial score (nSPS) is 10.7. The highest BCUT2D eigenvalue weighted by molar-refractivity contribution is 7.71. The van der Waals surface area contributed by atoms with Crippen LogP contribution in [0.15, 0.2) is 42.5 Å². The van der Waals surface area contributed by atoms with Crippen LogP contribution in [0.1, 0.15) is 23.1 Å². The van der Waals surface area contributed by atoms with Crippen LogP contribution >= 0.6 is 12.2 Å². The third-order valence-electron chi connectivity index (χ3n) is 5.27. The van der Waals surface area contributed by atoms with Gasteiger partial charge >= 0.3 is 0 Å². The lowest BCUT2D eigenvalue weighted by atomic mass is 10.1. The lowest BCUT2D eigenvalue weighted by molar-refractivity contribution is -0.133. The standard InChI is InChI=1S/C23H27N5O2S/c1-15-7-5-9-18(13-15)22-25-26-23(31)28(22)12-11-21(30)27(4)14-20(29)24-19-10-6-8-16(2)17(19)3/h5-10,13H,11-12,14H2,1-4H3,(H,24,29)(H,26,31). The fourth-order valence-corrected chi connectivity index (χ4v) is 3.53. The van der Waals surface area contributed by atoms with Gasteiger partial charge in [-0.25, -0.2) is 0 Å². The molecule has 0 spiro atoms. The van der Waals surface area contributed by atoms with E-state index in [0.29, 0.717) is 17.1 Å². The molecule has 2 aromatic carbocycles. The number of aryl methyl sites for hydroxylation is 2. The van der Waals surface area contributed by atoms with E-state index in [0.717, 1.165) is 27.9 Å². The maximum absolute atomic E-state index is 12.6. The predicted octanol–water partition coefficient (Wildman–Crippen LogP) is 4.02. The second kappa shape index (κ2) is 9.70. The van der Waals surface area contributed by atoms with E-state index in [-0.39, 0.29) is 24.8 Å². The van der Waals surface area contributed by atoms with E-state index in [1.165, 1.54) is 4.90 Å². The SMILES string of the molecule is Cc1cccc(-c2n[nH]c(=S)n2CCC(=O)N(C)CC(=O)Nc2cccc(C)c2C)c1. The molecule has 3 rings (SSSR count). The molecule has 31 heavy (non-hydrogen) atoms. The van der Waals surface area contributed by atoms with Gasteiger partial charge in [-0.2, -0.15) is 5.10 Å². The first-order valence-corrected chi connectivity index (χ1v) is 10.5. The Bertz CT molecular complexity index is 1160. The number of hydrogen-bond acceptors (Lipinski definition) is 4. The van der Waals surface area contributed by atoms with E-state index < -0.39 is 0 Å². The van der Waals surface area contributed by atoms with Crippen LogP contribution in [0.25, 0.3) is 11.4 Å². The Kier molecular flexibility index (Phi) is 7.02. The van der Waals surface area contributed by atoms with Crippen molar-refractivity contribution in [1.82, 2.24) is 19.7 Å². The molecule has 162 valence electrons. The van der Waals surface area contributed by atoms with Crippen LogP contribution in [-0.2, 0) is 16.1 Å². The summed E-state index contributed by atoms with van der Waals surface area (Å²) in [6, 6.07) is 13.7. The summed E-state index contributed by atoms with van der Waals surface area (Å²) in [5, 5.41) is 10.0. The molecular weight excluding hydrogens is 410 g/mol. The van der Waals surface area contributed by atoms with Crippen LogP contribution in [0.5, 0.6) is 0 Å². The molecular formula is C23H27N5O2S. The van der Waals surface area contributed by atoms with Gasteiger partial charge in [0.2, 0.25) is 11.8 Å². The number of amides is 2. The fourth-order valence-electron chi connectivity index (χ4n) is 3.31. The Morgan fingerprint density at radius 3 is 2.65 bits per heavy atom. The van der Waals surface area contributed by atoms with Gasteiger partial charge in [0.1, 0.15) is 0 Å². The Hall–Kier alpha value is -3.26. The highest BCUT2D eigenvalue weighted by Crippen LogP contribution is 2.19. The van der Waals surface area contributed by atoms with Crippen molar-refractivity contribution in [1.29, 1.82) is 0 Å². The molecule has 1 heterocycles. The summed E-state index contributed by atoms with van der Waals surface area (Å²) < 4.78 is 2.27. The monoisotopic (exact) mass is 437 g/mol. The number of anilines is 1. The van der Waals surface area contributed by atoms with E-state index in [9.17, 15) is 9.59 Å². The molecule has 0 atom stereocenters. The minimum absolute atomic E-state index is 0.0201. The number of nitrogens with zero attached hydrogens (tertiary/aromatic N) is 3. The molecule has 0 fully saturated rings. The van der Waals surface area contributed by atoms with Crippen LogP contribution < -0.4 is 5.32 Å². The van der Waals surface area contributed by atoms with Gasteiger partial charge < -0.3 is 10.2 Å². The molecule has 0 radical (unpaired) electrons. The third kappa shape index (κ3) is 5.46. The highest BCUT2D eigenvalue weighted by Gasteiger charge is 2.16. The Balaban J connectivity index is 1.61. The second-order valence-electron chi connectivity index (χ2n) is 7.67. The van der Waals surface area contributed by atoms with Gasteiger partial charge in [-0.1, -0.05) is 35.9 Å². The lowest BCUT2D eigenvalue weighted by Crippen LogP contribution is -2.35. The molecule has 0 unspecified atom stereocenters. The number of rotatable bonds is 7. The first-order valence-electron chi connectivity index (χ1n) is 10.1. The summed E-state index contributed by atoms with van der Waals surface area (Å²) in [6.45, 7) is 6.32. The van der Waals surface area contributed by atoms with Crippen molar-refractivity contribution in [3.8, 4) is 11.4 Å². The van der Waals surface area contributed by atoms with Crippen LogP contribution in [0.4, 0.5) is 5.69 Å². The number of carbonyl (C=O) groups excluding carboxylic acids is 2. The van der Waals surface area contributed by atoms with Gasteiger partial charge in [-0.3, -0.25) is 19.3 Å². The minimum atomic E-state index is -0.232. The summed E-state index contributed by atoms with van der Waals surface area (Å²) >= 11 is 5.34. The molecule has 8 heteroatoms. The summed E-state index contributed by atoms with van der Waals surface area (Å²) in [5.41, 5.74) is 4.93. The first-order chi connectivity index (χ1) is 14.8. The molecule has 0 bridgehead atoms. The van der Waals surface area contributed by atoms with Gasteiger partial charge in [0, 0.05) is 31.3 Å². The van der Waals surface area contributed by atoms with Crippen molar-refractivity contribution < 1.29 is 9.59 Å². The van der Waals surface area contributed by atoms with Crippen LogP contribution in [-0.4, -0.2) is 45.1 Å². The molecule has 3 aromatic rings. The van der Waals surface area contributed by atoms with Crippen molar-refractivity contribution >= 4 is 29.7 Å². The number of H-pyrrole nitrogens is 1. The highest BCUT2D eigenvalue weighted by atomic mass is 32.1. The van der Waals surface area contributed by atoms with Crippen LogP contribution in [0.3, 0.4) is 0 Å². The minimum Gasteiger partial charge on any atom is -0.336 e. The fraction of sp³-hybridized carbons (Fsp3) is 0.304. The molecule has 1 aromatic heterocycles. The number of carbonyl (C=O) groups is 2. The van der Waals surface area contributed by atoms with Crippen molar-refractivity contribution in [2.75, 3.05) is 18.9 Å². The average molecular weight is 438 g/mol. The zero-order valence-electron chi connectivity index (χ0n) is 18.2. The van der Waals surface area contributed by atoms with Crippen molar-refractivity contribution in [3.63, 3.8) is 0 Å². The van der Waals surface area contributed by atoms with Crippen LogP contribution in [0, 0.1) is 25.5 Å². The zero-order chi connectivity index (χ0) is 22.5. The summed E-state index contributed by atoms with van der Waals surface area (Å²) in [4.78, 5) is 26.5. The van der Waals surface area contributed by atoms with Crippen molar-refractivity contribution in [2.24, 2.45) is 0 Å². The van der Waals surface area contributed by atoms with E-state index >= 15 is 0 Å². The summed E-state index contributed by atoms with van der Waals surface area (Å²) in [7, 11) is 1.63. The van der Waals surface area contributed by atoms with Gasteiger partial charge in [0.15, 0.2) is 10.6 Å². The van der Waals surface area contributed by atoms with Gasteiger partial charge in [-0.05, 0) is 56.2 Å². The Morgan fingerprint density at radius 2 is 1.90 bits per heavy atom. The number of nitrogens with one attached hydrogen (secondary N) is 2. The van der Waals surface area contributed by atoms with Crippen LogP contribution in [0.2, 0.25) is 0 Å². The molecule has 0 saturated carbocycles. The molecule has 2 amide bonds. The number of aromatic nitrogens is 3. The molecule has 0 aliphatic rings. The number of aromatic amines is 1. The number of likely N-dealkylation sites (N-methyl/N-ethyl adjacent to an activating group) is 1. The van der Waals surface area contributed by atoms with Crippen molar-refractivity contribution in [3.05, 3.63) is 63.9 Å². The summed E-state index contributed by atoms with van der Waals surface area (Å²) in [6.07, 6.45) is 0.208. The van der Waals surface area contributed by atoms with Gasteiger partial charge in [-0.15, -0.1) is 0 Å². The molecule has 2 N–H and O–H groups in total. The number of benzene rings is 2. The topological polar surface area (TPSA) is 83.0 Å². The van der Waals surface area contributed by atoms with Gasteiger partial charge in [0.05, 0.1) is 6.54 Å². The Morgan fingerprint density at radius 1 is 1.16 bits per heavy atom. The molecule has 0 aliphatic carbocycles. The Labute approximate surface area is 187 Å². The molecule has 7 nitrogen and oxygen atoms in total. The molecule has 0 aliphatic heterocycles. The smallest absolute Gasteiger partial charge is 0.243 e. The van der Waals surface area contributed by atoms with E-state index in [4.69, 9.17) is 12.2 Å².